The van der Waals surface area contributed by atoms with E-state index < -0.39 is 0 Å². The second-order valence-corrected chi connectivity index (χ2v) is 9.06. The molecule has 33 heavy (non-hydrogen) atoms. The first-order valence-electron chi connectivity index (χ1n) is 11.8. The maximum atomic E-state index is 12.5. The molecule has 2 aliphatic heterocycles. The Morgan fingerprint density at radius 3 is 2.55 bits per heavy atom. The van der Waals surface area contributed by atoms with E-state index in [0.29, 0.717) is 6.04 Å². The number of methoxy groups -OCH3 is 2. The van der Waals surface area contributed by atoms with Crippen molar-refractivity contribution in [2.24, 2.45) is 0 Å². The molecule has 1 saturated heterocycles. The molecule has 0 unspecified atom stereocenters. The minimum atomic E-state index is -0.306. The summed E-state index contributed by atoms with van der Waals surface area (Å²) < 4.78 is 12.9. The van der Waals surface area contributed by atoms with Crippen LogP contribution in [0.2, 0.25) is 0 Å². The van der Waals surface area contributed by atoms with Crippen molar-refractivity contribution in [2.45, 2.75) is 51.1 Å². The Hall–Kier alpha value is -3.06. The second-order valence-electron chi connectivity index (χ2n) is 9.06. The lowest BCUT2D eigenvalue weighted by atomic mass is 9.95. The number of amides is 1. The van der Waals surface area contributed by atoms with Crippen molar-refractivity contribution in [1.29, 1.82) is 0 Å². The number of piperidine rings is 1. The van der Waals surface area contributed by atoms with Gasteiger partial charge in [-0.3, -0.25) is 4.90 Å². The zero-order chi connectivity index (χ0) is 22.9. The summed E-state index contributed by atoms with van der Waals surface area (Å²) in [5.74, 6) is 1.94. The Morgan fingerprint density at radius 2 is 1.85 bits per heavy atom. The molecular weight excluding hydrogens is 416 g/mol. The fourth-order valence-corrected chi connectivity index (χ4v) is 5.35. The van der Waals surface area contributed by atoms with Gasteiger partial charge in [-0.05, 0) is 75.5 Å². The van der Waals surface area contributed by atoms with Crippen LogP contribution in [-0.2, 0) is 17.6 Å². The molecule has 3 heterocycles. The van der Waals surface area contributed by atoms with E-state index in [2.05, 4.69) is 41.1 Å². The molecule has 5 rings (SSSR count). The Bertz CT molecular complexity index is 1150. The molecule has 0 aliphatic carbocycles. The highest BCUT2D eigenvalue weighted by molar-refractivity contribution is 5.95. The number of anilines is 1. The molecule has 1 aromatic heterocycles. The van der Waals surface area contributed by atoms with Crippen molar-refractivity contribution in [3.8, 4) is 5.75 Å². The predicted molar refractivity (Wildman–Crippen MR) is 129 cm³/mol. The number of nitrogens with one attached hydrogen (secondary N) is 1. The molecule has 2 aromatic carbocycles. The van der Waals surface area contributed by atoms with Crippen LogP contribution in [0.25, 0.3) is 11.0 Å². The minimum Gasteiger partial charge on any atom is -0.497 e. The summed E-state index contributed by atoms with van der Waals surface area (Å²) in [5, 5.41) is 3.48. The summed E-state index contributed by atoms with van der Waals surface area (Å²) in [6.07, 6.45) is 4.43. The normalized spacial score (nSPS) is 18.9. The van der Waals surface area contributed by atoms with E-state index in [4.69, 9.17) is 14.5 Å². The third kappa shape index (κ3) is 3.95. The summed E-state index contributed by atoms with van der Waals surface area (Å²) in [7, 11) is 3.13. The van der Waals surface area contributed by atoms with Gasteiger partial charge in [0.15, 0.2) is 0 Å². The SMILES string of the molecule is COC(=O)N1c2ccc3c(nc(Cc4ccc(OC)cc4)n3C3CCNCC3)c2CC[C@@H]1C. The van der Waals surface area contributed by atoms with Gasteiger partial charge in [-0.1, -0.05) is 12.1 Å². The van der Waals surface area contributed by atoms with Gasteiger partial charge < -0.3 is 19.4 Å². The fraction of sp³-hybridized carbons (Fsp3) is 0.462. The Labute approximate surface area is 194 Å². The van der Waals surface area contributed by atoms with Gasteiger partial charge in [-0.15, -0.1) is 0 Å². The lowest BCUT2D eigenvalue weighted by Gasteiger charge is -2.34. The molecule has 0 bridgehead atoms. The Morgan fingerprint density at radius 1 is 1.09 bits per heavy atom. The molecule has 0 radical (unpaired) electrons. The topological polar surface area (TPSA) is 68.6 Å². The lowest BCUT2D eigenvalue weighted by Crippen LogP contribution is -2.42. The van der Waals surface area contributed by atoms with E-state index in [1.54, 1.807) is 12.0 Å². The number of imidazole rings is 1. The van der Waals surface area contributed by atoms with Gasteiger partial charge in [-0.2, -0.15) is 0 Å². The number of rotatable bonds is 4. The number of hydrogen-bond donors (Lipinski definition) is 1. The minimum absolute atomic E-state index is 0.104. The molecular formula is C26H32N4O3. The molecule has 174 valence electrons. The van der Waals surface area contributed by atoms with Crippen LogP contribution in [0.1, 0.15) is 49.2 Å². The first-order valence-corrected chi connectivity index (χ1v) is 11.8. The van der Waals surface area contributed by atoms with Crippen LogP contribution >= 0.6 is 0 Å². The van der Waals surface area contributed by atoms with E-state index in [1.807, 2.05) is 12.1 Å². The molecule has 0 spiro atoms. The van der Waals surface area contributed by atoms with Crippen molar-refractivity contribution in [3.63, 3.8) is 0 Å². The molecule has 3 aromatic rings. The highest BCUT2D eigenvalue weighted by Gasteiger charge is 2.32. The summed E-state index contributed by atoms with van der Waals surface area (Å²) in [6.45, 7) is 4.11. The molecule has 1 N–H and O–H groups in total. The number of carbonyl (C=O) groups is 1. The van der Waals surface area contributed by atoms with E-state index in [1.165, 1.54) is 18.2 Å². The van der Waals surface area contributed by atoms with Crippen molar-refractivity contribution in [2.75, 3.05) is 32.2 Å². The summed E-state index contributed by atoms with van der Waals surface area (Å²) in [4.78, 5) is 19.5. The molecule has 0 saturated carbocycles. The van der Waals surface area contributed by atoms with Crippen LogP contribution in [-0.4, -0.2) is 49.0 Å². The monoisotopic (exact) mass is 448 g/mol. The maximum absolute atomic E-state index is 12.5. The lowest BCUT2D eigenvalue weighted by molar-refractivity contribution is 0.175. The van der Waals surface area contributed by atoms with Gasteiger partial charge in [0.25, 0.3) is 0 Å². The van der Waals surface area contributed by atoms with Crippen LogP contribution in [0, 0.1) is 0 Å². The number of aromatic nitrogens is 2. The van der Waals surface area contributed by atoms with Crippen LogP contribution in [0.5, 0.6) is 5.75 Å². The number of hydrogen-bond acceptors (Lipinski definition) is 5. The van der Waals surface area contributed by atoms with Crippen LogP contribution in [0.15, 0.2) is 36.4 Å². The highest BCUT2D eigenvalue weighted by atomic mass is 16.5. The maximum Gasteiger partial charge on any atom is 0.414 e. The van der Waals surface area contributed by atoms with E-state index in [-0.39, 0.29) is 12.1 Å². The average molecular weight is 449 g/mol. The van der Waals surface area contributed by atoms with Gasteiger partial charge in [0, 0.05) is 24.1 Å². The first kappa shape index (κ1) is 21.8. The third-order valence-electron chi connectivity index (χ3n) is 7.09. The smallest absolute Gasteiger partial charge is 0.414 e. The Balaban J connectivity index is 1.63. The number of carbonyl (C=O) groups excluding carboxylic acids is 1. The number of ether oxygens (including phenoxy) is 2. The number of fused-ring (bicyclic) bond motifs is 3. The van der Waals surface area contributed by atoms with E-state index in [9.17, 15) is 4.79 Å². The van der Waals surface area contributed by atoms with Gasteiger partial charge in [0.05, 0.1) is 30.9 Å². The predicted octanol–water partition coefficient (Wildman–Crippen LogP) is 4.47. The number of aryl methyl sites for hydroxylation is 1. The highest BCUT2D eigenvalue weighted by Crippen LogP contribution is 2.38. The van der Waals surface area contributed by atoms with Gasteiger partial charge in [0.2, 0.25) is 0 Å². The molecule has 1 amide bonds. The number of benzene rings is 2. The van der Waals surface area contributed by atoms with Gasteiger partial charge in [0.1, 0.15) is 11.6 Å². The molecule has 7 heteroatoms. The van der Waals surface area contributed by atoms with E-state index in [0.717, 1.165) is 73.5 Å². The first-order chi connectivity index (χ1) is 16.1. The van der Waals surface area contributed by atoms with Crippen molar-refractivity contribution in [3.05, 3.63) is 53.3 Å². The fourth-order valence-electron chi connectivity index (χ4n) is 5.35. The van der Waals surface area contributed by atoms with Crippen molar-refractivity contribution < 1.29 is 14.3 Å². The van der Waals surface area contributed by atoms with E-state index >= 15 is 0 Å². The van der Waals surface area contributed by atoms with Gasteiger partial charge in [-0.25, -0.2) is 9.78 Å². The van der Waals surface area contributed by atoms with Crippen LogP contribution < -0.4 is 15.0 Å². The summed E-state index contributed by atoms with van der Waals surface area (Å²) >= 11 is 0. The van der Waals surface area contributed by atoms with Crippen LogP contribution in [0.3, 0.4) is 0 Å². The standard InChI is InChI=1S/C26H32N4O3/c1-17-4-9-21-22(29(17)26(31)33-3)10-11-23-25(21)28-24(30(23)19-12-14-27-15-13-19)16-18-5-7-20(32-2)8-6-18/h5-8,10-11,17,19,27H,4,9,12-16H2,1-3H3/t17-/m0/s1. The second kappa shape index (κ2) is 9.06. The molecule has 2 aliphatic rings. The molecule has 1 atom stereocenters. The average Bonchev–Trinajstić information content (AvgIpc) is 3.22. The molecule has 7 nitrogen and oxygen atoms in total. The largest absolute Gasteiger partial charge is 0.497 e. The van der Waals surface area contributed by atoms with Crippen molar-refractivity contribution in [1.82, 2.24) is 14.9 Å². The Kier molecular flexibility index (Phi) is 5.98. The zero-order valence-corrected chi connectivity index (χ0v) is 19.6. The summed E-state index contributed by atoms with van der Waals surface area (Å²) in [6, 6.07) is 13.0. The molecule has 1 fully saturated rings. The van der Waals surface area contributed by atoms with Crippen molar-refractivity contribution >= 4 is 22.8 Å². The van der Waals surface area contributed by atoms with Crippen LogP contribution in [0.4, 0.5) is 10.5 Å². The third-order valence-corrected chi connectivity index (χ3v) is 7.09. The quantitative estimate of drug-likeness (QED) is 0.638. The number of nitrogens with zero attached hydrogens (tertiary/aromatic N) is 3. The zero-order valence-electron chi connectivity index (χ0n) is 19.6. The summed E-state index contributed by atoms with van der Waals surface area (Å²) in [5.41, 5.74) is 5.48. The van der Waals surface area contributed by atoms with Gasteiger partial charge >= 0.3 is 6.09 Å².